The van der Waals surface area contributed by atoms with Gasteiger partial charge in [0.05, 0.1) is 11.2 Å². The summed E-state index contributed by atoms with van der Waals surface area (Å²) in [6.07, 6.45) is 2.22. The Morgan fingerprint density at radius 1 is 1.00 bits per heavy atom. The van der Waals surface area contributed by atoms with Crippen molar-refractivity contribution < 1.29 is 4.74 Å². The van der Waals surface area contributed by atoms with Crippen LogP contribution in [0.1, 0.15) is 55.5 Å². The first-order valence-electron chi connectivity index (χ1n) is 11.0. The van der Waals surface area contributed by atoms with Gasteiger partial charge >= 0.3 is 0 Å². The van der Waals surface area contributed by atoms with Crippen molar-refractivity contribution in [2.45, 2.75) is 66.2 Å². The van der Waals surface area contributed by atoms with Gasteiger partial charge < -0.3 is 15.0 Å². The van der Waals surface area contributed by atoms with Crippen molar-refractivity contribution in [2.24, 2.45) is 0 Å². The predicted molar refractivity (Wildman–Crippen MR) is 131 cm³/mol. The first-order valence-corrected chi connectivity index (χ1v) is 11.0. The Bertz CT molecular complexity index is 1120. The quantitative estimate of drug-likeness (QED) is 0.611. The Morgan fingerprint density at radius 2 is 1.65 bits per heavy atom. The van der Waals surface area contributed by atoms with Crippen LogP contribution in [0, 0.1) is 20.8 Å². The van der Waals surface area contributed by atoms with Gasteiger partial charge in [0.25, 0.3) is 0 Å². The summed E-state index contributed by atoms with van der Waals surface area (Å²) in [6, 6.07) is 10.4. The van der Waals surface area contributed by atoms with E-state index in [4.69, 9.17) is 4.74 Å². The summed E-state index contributed by atoms with van der Waals surface area (Å²) in [5, 5.41) is 3.52. The van der Waals surface area contributed by atoms with E-state index in [9.17, 15) is 0 Å². The van der Waals surface area contributed by atoms with Gasteiger partial charge in [-0.25, -0.2) is 0 Å². The molecule has 0 saturated heterocycles. The smallest absolute Gasteiger partial charge is 0.147 e. The van der Waals surface area contributed by atoms with E-state index in [0.717, 1.165) is 34.8 Å². The number of anilines is 1. The molecule has 2 aromatic rings. The fourth-order valence-electron chi connectivity index (χ4n) is 4.51. The van der Waals surface area contributed by atoms with Crippen LogP contribution in [0.15, 0.2) is 61.0 Å². The van der Waals surface area contributed by atoms with Crippen LogP contribution in [0.4, 0.5) is 5.69 Å². The average Bonchev–Trinajstić information content (AvgIpc) is 2.72. The molecular weight excluding hydrogens is 380 g/mol. The Kier molecular flexibility index (Phi) is 4.84. The van der Waals surface area contributed by atoms with Crippen LogP contribution in [0.3, 0.4) is 0 Å². The van der Waals surface area contributed by atoms with E-state index in [1.165, 1.54) is 27.8 Å². The first kappa shape index (κ1) is 21.3. The van der Waals surface area contributed by atoms with Gasteiger partial charge in [-0.15, -0.1) is 0 Å². The van der Waals surface area contributed by atoms with Crippen LogP contribution < -0.4 is 15.0 Å². The third kappa shape index (κ3) is 3.10. The molecule has 0 amide bonds. The van der Waals surface area contributed by atoms with Crippen molar-refractivity contribution in [3.63, 3.8) is 0 Å². The molecule has 0 aromatic heterocycles. The Balaban J connectivity index is 1.83. The molecule has 3 nitrogen and oxygen atoms in total. The van der Waals surface area contributed by atoms with E-state index >= 15 is 0 Å². The fraction of sp³-hybridized carbons (Fsp3) is 0.357. The maximum atomic E-state index is 6.65. The highest BCUT2D eigenvalue weighted by atomic mass is 16.5. The summed E-state index contributed by atoms with van der Waals surface area (Å²) >= 11 is 0. The van der Waals surface area contributed by atoms with Gasteiger partial charge in [0, 0.05) is 29.6 Å². The molecule has 0 atom stereocenters. The summed E-state index contributed by atoms with van der Waals surface area (Å²) in [6.45, 7) is 25.0. The van der Waals surface area contributed by atoms with Crippen molar-refractivity contribution in [3.8, 4) is 5.75 Å². The molecule has 31 heavy (non-hydrogen) atoms. The summed E-state index contributed by atoms with van der Waals surface area (Å²) in [5.41, 5.74) is 9.55. The standard InChI is InChI=1S/C28H34N2O/c1-17-18(2)24-20(4)23(21(5)29-15-22-13-11-10-12-14-22)16-30-25(24)26(19(17)3)31-28(8,9)27(30,6)7/h10-14,16,29H,4-5,15H2,1-3,6-9H3. The zero-order valence-electron chi connectivity index (χ0n) is 19.9. The Morgan fingerprint density at radius 3 is 2.29 bits per heavy atom. The lowest BCUT2D eigenvalue weighted by atomic mass is 9.77. The number of rotatable bonds is 4. The second-order valence-corrected chi connectivity index (χ2v) is 9.81. The van der Waals surface area contributed by atoms with Crippen molar-refractivity contribution in [2.75, 3.05) is 4.90 Å². The van der Waals surface area contributed by atoms with Gasteiger partial charge in [-0.05, 0) is 76.3 Å². The molecule has 0 saturated carbocycles. The van der Waals surface area contributed by atoms with Gasteiger partial charge in [-0.3, -0.25) is 0 Å². The molecule has 0 unspecified atom stereocenters. The summed E-state index contributed by atoms with van der Waals surface area (Å²) in [7, 11) is 0. The lowest BCUT2D eigenvalue weighted by Crippen LogP contribution is -2.62. The maximum absolute atomic E-state index is 6.65. The third-order valence-electron chi connectivity index (χ3n) is 7.53. The minimum atomic E-state index is -0.372. The molecule has 3 heteroatoms. The van der Waals surface area contributed by atoms with Crippen LogP contribution in [-0.2, 0) is 6.54 Å². The third-order valence-corrected chi connectivity index (χ3v) is 7.53. The van der Waals surface area contributed by atoms with Crippen molar-refractivity contribution in [1.29, 1.82) is 0 Å². The molecule has 1 N–H and O–H groups in total. The van der Waals surface area contributed by atoms with Crippen LogP contribution in [0.2, 0.25) is 0 Å². The topological polar surface area (TPSA) is 24.5 Å². The van der Waals surface area contributed by atoms with E-state index < -0.39 is 0 Å². The highest BCUT2D eigenvalue weighted by Crippen LogP contribution is 2.55. The van der Waals surface area contributed by atoms with Gasteiger partial charge in [-0.1, -0.05) is 43.5 Å². The molecule has 0 fully saturated rings. The lowest BCUT2D eigenvalue weighted by molar-refractivity contribution is 0.0267. The summed E-state index contributed by atoms with van der Waals surface area (Å²) < 4.78 is 6.65. The molecule has 162 valence electrons. The molecule has 0 aliphatic carbocycles. The number of allylic oxidation sites excluding steroid dienone is 1. The SMILES string of the molecule is C=C(NCc1ccccc1)C1=CN2c3c(c(C)c(C)c(C)c3C1=C)OC(C)(C)C2(C)C. The first-order chi connectivity index (χ1) is 14.5. The molecule has 2 aliphatic heterocycles. The van der Waals surface area contributed by atoms with Gasteiger partial charge in [-0.2, -0.15) is 0 Å². The molecule has 4 rings (SSSR count). The number of nitrogens with zero attached hydrogens (tertiary/aromatic N) is 1. The van der Waals surface area contributed by atoms with Crippen molar-refractivity contribution in [3.05, 3.63) is 88.8 Å². The minimum absolute atomic E-state index is 0.255. The molecule has 2 aliphatic rings. The number of hydrogen-bond donors (Lipinski definition) is 1. The van der Waals surface area contributed by atoms with Crippen LogP contribution in [0.25, 0.3) is 5.57 Å². The Hall–Kier alpha value is -2.94. The van der Waals surface area contributed by atoms with Crippen LogP contribution in [-0.4, -0.2) is 11.1 Å². The van der Waals surface area contributed by atoms with Crippen LogP contribution in [0.5, 0.6) is 5.75 Å². The molecule has 0 radical (unpaired) electrons. The number of ether oxygens (including phenoxy) is 1. The zero-order chi connectivity index (χ0) is 22.7. The maximum Gasteiger partial charge on any atom is 0.147 e. The predicted octanol–water partition coefficient (Wildman–Crippen LogP) is 6.58. The second kappa shape index (κ2) is 7.05. The summed E-state index contributed by atoms with van der Waals surface area (Å²) in [4.78, 5) is 2.39. The number of nitrogens with one attached hydrogen (secondary N) is 1. The Labute approximate surface area is 187 Å². The van der Waals surface area contributed by atoms with Gasteiger partial charge in [0.2, 0.25) is 0 Å². The van der Waals surface area contributed by atoms with E-state index in [1.807, 2.05) is 6.07 Å². The largest absolute Gasteiger partial charge is 0.483 e. The molecule has 2 heterocycles. The molecule has 0 bridgehead atoms. The molecule has 2 aromatic carbocycles. The van der Waals surface area contributed by atoms with E-state index in [2.05, 4.69) is 102 Å². The lowest BCUT2D eigenvalue weighted by Gasteiger charge is -2.55. The molecular formula is C28H34N2O. The second-order valence-electron chi connectivity index (χ2n) is 9.81. The zero-order valence-corrected chi connectivity index (χ0v) is 19.9. The number of benzene rings is 2. The van der Waals surface area contributed by atoms with Gasteiger partial charge in [0.15, 0.2) is 0 Å². The molecule has 0 spiro atoms. The normalized spacial score (nSPS) is 18.1. The minimum Gasteiger partial charge on any atom is -0.483 e. The van der Waals surface area contributed by atoms with E-state index in [-0.39, 0.29) is 11.1 Å². The van der Waals surface area contributed by atoms with Crippen molar-refractivity contribution in [1.82, 2.24) is 5.32 Å². The highest BCUT2D eigenvalue weighted by molar-refractivity contribution is 5.97. The highest BCUT2D eigenvalue weighted by Gasteiger charge is 2.51. The van der Waals surface area contributed by atoms with Crippen molar-refractivity contribution >= 4 is 11.3 Å². The average molecular weight is 415 g/mol. The monoisotopic (exact) mass is 414 g/mol. The van der Waals surface area contributed by atoms with Crippen LogP contribution >= 0.6 is 0 Å². The fourth-order valence-corrected chi connectivity index (χ4v) is 4.51. The summed E-state index contributed by atoms with van der Waals surface area (Å²) in [5.74, 6) is 0.974. The number of hydrogen-bond acceptors (Lipinski definition) is 3. The van der Waals surface area contributed by atoms with Gasteiger partial charge in [0.1, 0.15) is 11.4 Å². The van der Waals surface area contributed by atoms with E-state index in [1.54, 1.807) is 0 Å². The van der Waals surface area contributed by atoms with E-state index in [0.29, 0.717) is 0 Å².